The third kappa shape index (κ3) is 4.78. The molecule has 0 radical (unpaired) electrons. The first-order valence-electron chi connectivity index (χ1n) is 21.8. The predicted molar refractivity (Wildman–Crippen MR) is 259 cm³/mol. The second-order valence-corrected chi connectivity index (χ2v) is 16.9. The van der Waals surface area contributed by atoms with Gasteiger partial charge in [-0.25, -0.2) is 9.97 Å². The van der Waals surface area contributed by atoms with Crippen LogP contribution in [0.15, 0.2) is 218 Å². The summed E-state index contributed by atoms with van der Waals surface area (Å²) >= 11 is 0. The molecule has 2 aliphatic heterocycles. The number of ether oxygens (including phenoxy) is 1. The van der Waals surface area contributed by atoms with E-state index in [4.69, 9.17) is 14.7 Å². The Bertz CT molecular complexity index is 3830. The number of nitrogens with zero attached hydrogens (tertiary/aromatic N) is 4. The lowest BCUT2D eigenvalue weighted by Gasteiger charge is -2.45. The van der Waals surface area contributed by atoms with Crippen LogP contribution in [0.1, 0.15) is 22.3 Å². The van der Waals surface area contributed by atoms with Crippen molar-refractivity contribution in [1.82, 2.24) is 19.1 Å². The normalized spacial score (nSPS) is 14.8. The number of fused-ring (bicyclic) bond motifs is 14. The van der Waals surface area contributed by atoms with Gasteiger partial charge in [-0.3, -0.25) is 0 Å². The topological polar surface area (TPSA) is 44.9 Å². The Hall–Kier alpha value is -8.54. The van der Waals surface area contributed by atoms with Crippen LogP contribution in [0.5, 0.6) is 11.5 Å². The van der Waals surface area contributed by atoms with Crippen LogP contribution >= 0.6 is 0 Å². The van der Waals surface area contributed by atoms with E-state index in [9.17, 15) is 0 Å². The van der Waals surface area contributed by atoms with Crippen LogP contribution in [0.25, 0.3) is 88.9 Å². The van der Waals surface area contributed by atoms with E-state index in [1.54, 1.807) is 0 Å². The smallest absolute Gasteiger partial charge is 0.160 e. The van der Waals surface area contributed by atoms with E-state index < -0.39 is 5.41 Å². The molecule has 14 rings (SSSR count). The van der Waals surface area contributed by atoms with E-state index in [2.05, 4.69) is 203 Å². The van der Waals surface area contributed by atoms with Gasteiger partial charge in [0.25, 0.3) is 0 Å². The summed E-state index contributed by atoms with van der Waals surface area (Å²) in [7, 11) is 0. The first-order chi connectivity index (χ1) is 31.7. The number of rotatable bonds is 4. The Kier molecular flexibility index (Phi) is 7.26. The van der Waals surface area contributed by atoms with Gasteiger partial charge in [-0.2, -0.15) is 0 Å². The van der Waals surface area contributed by atoms with Gasteiger partial charge in [0.15, 0.2) is 5.82 Å². The molecule has 9 aromatic carbocycles. The molecule has 0 aliphatic carbocycles. The molecule has 12 aromatic rings. The van der Waals surface area contributed by atoms with Gasteiger partial charge in [0.05, 0.1) is 44.6 Å². The molecule has 1 spiro atoms. The average Bonchev–Trinajstić information content (AvgIpc) is 3.88. The number of aromatic nitrogens is 4. The molecule has 0 saturated heterocycles. The van der Waals surface area contributed by atoms with Crippen LogP contribution < -0.4 is 4.74 Å². The van der Waals surface area contributed by atoms with Crippen molar-refractivity contribution in [1.29, 1.82) is 0 Å². The highest BCUT2D eigenvalue weighted by atomic mass is 16.5. The summed E-state index contributed by atoms with van der Waals surface area (Å²) in [6, 6.07) is 78.2. The Labute approximate surface area is 368 Å². The van der Waals surface area contributed by atoms with E-state index in [1.807, 2.05) is 24.3 Å². The molecule has 0 fully saturated rings. The molecule has 5 heteroatoms. The summed E-state index contributed by atoms with van der Waals surface area (Å²) < 4.78 is 12.0. The monoisotopic (exact) mass is 816 g/mol. The summed E-state index contributed by atoms with van der Waals surface area (Å²) in [5, 5.41) is 4.84. The molecule has 0 bridgehead atoms. The van der Waals surface area contributed by atoms with Gasteiger partial charge in [0.2, 0.25) is 0 Å². The van der Waals surface area contributed by atoms with Crippen molar-refractivity contribution in [2.75, 3.05) is 0 Å². The predicted octanol–water partition coefficient (Wildman–Crippen LogP) is 14.5. The largest absolute Gasteiger partial charge is 0.457 e. The standard InChI is InChI=1S/C59H36N4O/c1-3-17-37(18-4-1)49-35-50(61-58(60-49)38-19-5-2-6-20-38)39-21-15-22-40(33-39)62-51-29-11-8-24-42(51)44-34-48-56(36-54(44)62)64-55-32-14-10-27-46(55)59(48)45-26-9-13-31-53(45)63-52-30-12-7-23-41(52)43-25-16-28-47(59)57(43)63/h1-36H. The summed E-state index contributed by atoms with van der Waals surface area (Å²) in [5.41, 5.74) is 15.7. The van der Waals surface area contributed by atoms with Gasteiger partial charge < -0.3 is 13.9 Å². The average molecular weight is 817 g/mol. The highest BCUT2D eigenvalue weighted by Crippen LogP contribution is 2.61. The minimum atomic E-state index is -0.665. The fourth-order valence-corrected chi connectivity index (χ4v) is 10.9. The molecule has 1 unspecified atom stereocenters. The summed E-state index contributed by atoms with van der Waals surface area (Å²) in [6.45, 7) is 0. The Morgan fingerprint density at radius 2 is 0.953 bits per heavy atom. The lowest BCUT2D eigenvalue weighted by Crippen LogP contribution is -2.37. The van der Waals surface area contributed by atoms with Crippen LogP contribution in [0.3, 0.4) is 0 Å². The number of hydrogen-bond donors (Lipinski definition) is 0. The van der Waals surface area contributed by atoms with Crippen LogP contribution in [0.2, 0.25) is 0 Å². The Morgan fingerprint density at radius 3 is 1.77 bits per heavy atom. The lowest BCUT2D eigenvalue weighted by molar-refractivity contribution is 0.434. The van der Waals surface area contributed by atoms with Crippen LogP contribution in [0, 0.1) is 0 Å². The molecule has 0 N–H and O–H groups in total. The van der Waals surface area contributed by atoms with Crippen molar-refractivity contribution in [3.8, 4) is 56.8 Å². The van der Waals surface area contributed by atoms with Gasteiger partial charge in [-0.1, -0.05) is 164 Å². The van der Waals surface area contributed by atoms with Crippen molar-refractivity contribution in [2.45, 2.75) is 5.41 Å². The van der Waals surface area contributed by atoms with Crippen LogP contribution in [-0.4, -0.2) is 19.1 Å². The van der Waals surface area contributed by atoms with E-state index in [0.717, 1.165) is 72.8 Å². The summed E-state index contributed by atoms with van der Waals surface area (Å²) in [4.78, 5) is 10.3. The third-order valence-electron chi connectivity index (χ3n) is 13.6. The maximum absolute atomic E-state index is 7.12. The molecule has 1 atom stereocenters. The molecule has 2 aliphatic rings. The van der Waals surface area contributed by atoms with Crippen LogP contribution in [-0.2, 0) is 5.41 Å². The van der Waals surface area contributed by atoms with Gasteiger partial charge in [0, 0.05) is 61.1 Å². The molecule has 0 amide bonds. The van der Waals surface area contributed by atoms with Crippen LogP contribution in [0.4, 0.5) is 0 Å². The maximum atomic E-state index is 7.12. The number of para-hydroxylation sites is 5. The highest BCUT2D eigenvalue weighted by molar-refractivity contribution is 6.13. The minimum Gasteiger partial charge on any atom is -0.457 e. The summed E-state index contributed by atoms with van der Waals surface area (Å²) in [5.74, 6) is 2.40. The zero-order valence-electron chi connectivity index (χ0n) is 34.5. The van der Waals surface area contributed by atoms with Crippen molar-refractivity contribution < 1.29 is 4.74 Å². The first kappa shape index (κ1) is 35.1. The Morgan fingerprint density at radius 1 is 0.359 bits per heavy atom. The number of benzene rings is 9. The first-order valence-corrected chi connectivity index (χ1v) is 21.8. The van der Waals surface area contributed by atoms with Crippen molar-refractivity contribution in [2.24, 2.45) is 0 Å². The SMILES string of the molecule is c1ccc(-c2cc(-c3cccc(-n4c5ccccc5c5cc6c(cc54)Oc4ccccc4C64c5ccccc5-n5c6ccccc6c6cccc4c65)c3)nc(-c3ccccc3)n2)cc1. The van der Waals surface area contributed by atoms with Gasteiger partial charge in [-0.05, 0) is 59.7 Å². The quantitative estimate of drug-likeness (QED) is 0.178. The van der Waals surface area contributed by atoms with E-state index >= 15 is 0 Å². The lowest BCUT2D eigenvalue weighted by atomic mass is 9.61. The van der Waals surface area contributed by atoms with Crippen molar-refractivity contribution >= 4 is 43.6 Å². The molecule has 3 aromatic heterocycles. The molecular weight excluding hydrogens is 781 g/mol. The highest BCUT2D eigenvalue weighted by Gasteiger charge is 2.50. The molecule has 5 nitrogen and oxygen atoms in total. The zero-order valence-corrected chi connectivity index (χ0v) is 34.5. The van der Waals surface area contributed by atoms with Crippen molar-refractivity contribution in [3.05, 3.63) is 241 Å². The third-order valence-corrected chi connectivity index (χ3v) is 13.6. The Balaban J connectivity index is 1.03. The molecular formula is C59H36N4O. The number of hydrogen-bond acceptors (Lipinski definition) is 3. The minimum absolute atomic E-state index is 0.665. The van der Waals surface area contributed by atoms with Gasteiger partial charge >= 0.3 is 0 Å². The summed E-state index contributed by atoms with van der Waals surface area (Å²) in [6.07, 6.45) is 0. The zero-order chi connectivity index (χ0) is 41.9. The maximum Gasteiger partial charge on any atom is 0.160 e. The van der Waals surface area contributed by atoms with Crippen molar-refractivity contribution in [3.63, 3.8) is 0 Å². The second-order valence-electron chi connectivity index (χ2n) is 16.9. The van der Waals surface area contributed by atoms with E-state index in [0.29, 0.717) is 5.82 Å². The second kappa shape index (κ2) is 13.2. The van der Waals surface area contributed by atoms with E-state index in [-0.39, 0.29) is 0 Å². The molecule has 298 valence electrons. The van der Waals surface area contributed by atoms with E-state index in [1.165, 1.54) is 44.0 Å². The molecule has 0 saturated carbocycles. The van der Waals surface area contributed by atoms with Gasteiger partial charge in [-0.15, -0.1) is 0 Å². The molecule has 5 heterocycles. The molecule has 64 heavy (non-hydrogen) atoms. The van der Waals surface area contributed by atoms with Gasteiger partial charge in [0.1, 0.15) is 11.5 Å². The fraction of sp³-hybridized carbons (Fsp3) is 0.0169. The fourth-order valence-electron chi connectivity index (χ4n) is 10.9.